The summed E-state index contributed by atoms with van der Waals surface area (Å²) in [5, 5.41) is 12.0. The molecule has 1 aliphatic rings. The number of rotatable bonds is 7. The molecule has 8 heteroatoms. The number of nitrogens with one attached hydrogen (secondary N) is 1. The Labute approximate surface area is 170 Å². The Morgan fingerprint density at radius 1 is 1.14 bits per heavy atom. The maximum absolute atomic E-state index is 13.0. The Morgan fingerprint density at radius 2 is 1.79 bits per heavy atom. The van der Waals surface area contributed by atoms with Crippen LogP contribution in [0.3, 0.4) is 0 Å². The van der Waals surface area contributed by atoms with Crippen molar-refractivity contribution < 1.29 is 23.1 Å². The molecule has 0 aromatic heterocycles. The summed E-state index contributed by atoms with van der Waals surface area (Å²) in [4.78, 5) is 24.6. The van der Waals surface area contributed by atoms with E-state index in [9.17, 15) is 23.1 Å². The van der Waals surface area contributed by atoms with Crippen LogP contribution in [-0.4, -0.2) is 48.3 Å². The molecule has 1 aliphatic heterocycles. The summed E-state index contributed by atoms with van der Waals surface area (Å²) in [7, 11) is -3.84. The second kappa shape index (κ2) is 8.75. The zero-order chi connectivity index (χ0) is 21.0. The molecule has 7 nitrogen and oxygen atoms in total. The van der Waals surface area contributed by atoms with Gasteiger partial charge in [0.15, 0.2) is 0 Å². The smallest absolute Gasteiger partial charge is 0.326 e. The van der Waals surface area contributed by atoms with Crippen LogP contribution >= 0.6 is 0 Å². The van der Waals surface area contributed by atoms with E-state index >= 15 is 0 Å². The van der Waals surface area contributed by atoms with Crippen LogP contribution in [0.1, 0.15) is 24.0 Å². The van der Waals surface area contributed by atoms with Crippen LogP contribution in [0.15, 0.2) is 59.5 Å². The molecule has 1 heterocycles. The van der Waals surface area contributed by atoms with Gasteiger partial charge in [-0.3, -0.25) is 4.79 Å². The monoisotopic (exact) mass is 416 g/mol. The second-order valence-electron chi connectivity index (χ2n) is 7.18. The molecule has 0 aliphatic carbocycles. The molecule has 2 N–H and O–H groups in total. The van der Waals surface area contributed by atoms with Crippen molar-refractivity contribution in [3.8, 4) is 0 Å². The highest BCUT2D eigenvalue weighted by molar-refractivity contribution is 7.89. The van der Waals surface area contributed by atoms with Gasteiger partial charge in [-0.2, -0.15) is 4.31 Å². The van der Waals surface area contributed by atoms with Crippen molar-refractivity contribution >= 4 is 21.9 Å². The van der Waals surface area contributed by atoms with Crippen LogP contribution in [-0.2, 0) is 26.0 Å². The first kappa shape index (κ1) is 21.0. The van der Waals surface area contributed by atoms with Crippen molar-refractivity contribution in [2.45, 2.75) is 43.2 Å². The Kier molecular flexibility index (Phi) is 6.34. The van der Waals surface area contributed by atoms with E-state index in [1.54, 1.807) is 36.4 Å². The average Bonchev–Trinajstić information content (AvgIpc) is 3.19. The lowest BCUT2D eigenvalue weighted by atomic mass is 10.1. The third kappa shape index (κ3) is 4.83. The number of hydrogen-bond donors (Lipinski definition) is 2. The molecule has 1 fully saturated rings. The lowest BCUT2D eigenvalue weighted by molar-refractivity contribution is -0.142. The van der Waals surface area contributed by atoms with Gasteiger partial charge in [0.05, 0.1) is 4.90 Å². The minimum absolute atomic E-state index is 0.124. The fourth-order valence-electron chi connectivity index (χ4n) is 3.45. The van der Waals surface area contributed by atoms with Gasteiger partial charge in [0, 0.05) is 13.0 Å². The molecule has 0 spiro atoms. The maximum atomic E-state index is 13.0. The summed E-state index contributed by atoms with van der Waals surface area (Å²) in [6.45, 7) is 2.09. The van der Waals surface area contributed by atoms with E-state index in [0.29, 0.717) is 12.8 Å². The predicted octanol–water partition coefficient (Wildman–Crippen LogP) is 1.96. The molecular weight excluding hydrogens is 392 g/mol. The van der Waals surface area contributed by atoms with Gasteiger partial charge in [-0.25, -0.2) is 13.2 Å². The number of carboxylic acids is 1. The van der Waals surface area contributed by atoms with Gasteiger partial charge in [0.25, 0.3) is 0 Å². The Bertz CT molecular complexity index is 974. The highest BCUT2D eigenvalue weighted by Crippen LogP contribution is 2.26. The van der Waals surface area contributed by atoms with Gasteiger partial charge in [-0.1, -0.05) is 48.0 Å². The largest absolute Gasteiger partial charge is 0.480 e. The molecule has 2 atom stereocenters. The van der Waals surface area contributed by atoms with Gasteiger partial charge in [-0.15, -0.1) is 0 Å². The number of aliphatic carboxylic acids is 1. The molecule has 0 saturated carbocycles. The summed E-state index contributed by atoms with van der Waals surface area (Å²) in [5.74, 6) is -1.74. The first-order valence-corrected chi connectivity index (χ1v) is 10.9. The van der Waals surface area contributed by atoms with Crippen LogP contribution in [0.25, 0.3) is 0 Å². The van der Waals surface area contributed by atoms with Gasteiger partial charge in [-0.05, 0) is 37.5 Å². The van der Waals surface area contributed by atoms with Crippen LogP contribution in [0, 0.1) is 6.92 Å². The summed E-state index contributed by atoms with van der Waals surface area (Å²) < 4.78 is 27.2. The summed E-state index contributed by atoms with van der Waals surface area (Å²) >= 11 is 0. The molecule has 1 amide bonds. The van der Waals surface area contributed by atoms with Crippen molar-refractivity contribution in [3.63, 3.8) is 0 Å². The predicted molar refractivity (Wildman–Crippen MR) is 108 cm³/mol. The molecule has 2 aromatic rings. The summed E-state index contributed by atoms with van der Waals surface area (Å²) in [6, 6.07) is 13.4. The van der Waals surface area contributed by atoms with E-state index in [1.807, 2.05) is 13.0 Å². The van der Waals surface area contributed by atoms with Crippen LogP contribution in [0.2, 0.25) is 0 Å². The molecule has 1 saturated heterocycles. The maximum Gasteiger partial charge on any atom is 0.326 e. The second-order valence-corrected chi connectivity index (χ2v) is 9.07. The normalized spacial score (nSPS) is 18.3. The van der Waals surface area contributed by atoms with E-state index in [1.165, 1.54) is 16.4 Å². The summed E-state index contributed by atoms with van der Waals surface area (Å²) in [6.07, 6.45) is 1.02. The lowest BCUT2D eigenvalue weighted by Gasteiger charge is -2.25. The highest BCUT2D eigenvalue weighted by Gasteiger charge is 2.40. The minimum atomic E-state index is -3.84. The van der Waals surface area contributed by atoms with E-state index in [2.05, 4.69) is 5.32 Å². The number of carbonyl (C=O) groups excluding carboxylic acids is 1. The molecular formula is C21H24N2O5S. The Hall–Kier alpha value is -2.71. The third-order valence-electron chi connectivity index (χ3n) is 5.03. The van der Waals surface area contributed by atoms with Crippen molar-refractivity contribution in [1.82, 2.24) is 9.62 Å². The number of aryl methyl sites for hydroxylation is 1. The Morgan fingerprint density at radius 3 is 2.41 bits per heavy atom. The minimum Gasteiger partial charge on any atom is -0.480 e. The van der Waals surface area contributed by atoms with Crippen molar-refractivity contribution in [3.05, 3.63) is 65.7 Å². The van der Waals surface area contributed by atoms with Gasteiger partial charge in [0.2, 0.25) is 15.9 Å². The summed E-state index contributed by atoms with van der Waals surface area (Å²) in [5.41, 5.74) is 1.71. The number of sulfonamides is 1. The van der Waals surface area contributed by atoms with Gasteiger partial charge >= 0.3 is 5.97 Å². The van der Waals surface area contributed by atoms with Crippen LogP contribution in [0.4, 0.5) is 0 Å². The highest BCUT2D eigenvalue weighted by atomic mass is 32.2. The molecule has 3 rings (SSSR count). The first-order valence-electron chi connectivity index (χ1n) is 9.44. The third-order valence-corrected chi connectivity index (χ3v) is 6.95. The van der Waals surface area contributed by atoms with Crippen LogP contribution < -0.4 is 5.32 Å². The fourth-order valence-corrected chi connectivity index (χ4v) is 5.11. The zero-order valence-electron chi connectivity index (χ0n) is 16.1. The zero-order valence-corrected chi connectivity index (χ0v) is 16.9. The van der Waals surface area contributed by atoms with E-state index in [0.717, 1.165) is 11.1 Å². The van der Waals surface area contributed by atoms with Crippen molar-refractivity contribution in [2.75, 3.05) is 6.54 Å². The quantitative estimate of drug-likeness (QED) is 0.718. The molecule has 1 unspecified atom stereocenters. The first-order chi connectivity index (χ1) is 13.8. The van der Waals surface area contributed by atoms with E-state index in [4.69, 9.17) is 0 Å². The van der Waals surface area contributed by atoms with Crippen LogP contribution in [0.5, 0.6) is 0 Å². The van der Waals surface area contributed by atoms with Crippen molar-refractivity contribution in [1.29, 1.82) is 0 Å². The fraction of sp³-hybridized carbons (Fsp3) is 0.333. The van der Waals surface area contributed by atoms with E-state index in [-0.39, 0.29) is 17.9 Å². The SMILES string of the molecule is Cc1ccc(S(=O)(=O)N2CCC[C@H]2C(=O)NC(Cc2ccccc2)C(=O)O)cc1. The molecule has 29 heavy (non-hydrogen) atoms. The number of carbonyl (C=O) groups is 2. The number of hydrogen-bond acceptors (Lipinski definition) is 4. The topological polar surface area (TPSA) is 104 Å². The molecule has 154 valence electrons. The average molecular weight is 416 g/mol. The standard InChI is InChI=1S/C21H24N2O5S/c1-15-9-11-17(12-10-15)29(27,28)23-13-5-8-19(23)20(24)22-18(21(25)26)14-16-6-3-2-4-7-16/h2-4,6-7,9-12,18-19H,5,8,13-14H2,1H3,(H,22,24)(H,25,26)/t18?,19-/m0/s1. The number of nitrogens with zero attached hydrogens (tertiary/aromatic N) is 1. The number of carboxylic acid groups (broad SMARTS) is 1. The number of benzene rings is 2. The number of amides is 1. The lowest BCUT2D eigenvalue weighted by Crippen LogP contribution is -2.51. The van der Waals surface area contributed by atoms with Gasteiger partial charge < -0.3 is 10.4 Å². The van der Waals surface area contributed by atoms with E-state index < -0.39 is 34.0 Å². The molecule has 2 aromatic carbocycles. The Balaban J connectivity index is 1.76. The molecule has 0 radical (unpaired) electrons. The van der Waals surface area contributed by atoms with Crippen molar-refractivity contribution in [2.24, 2.45) is 0 Å². The van der Waals surface area contributed by atoms with Gasteiger partial charge in [0.1, 0.15) is 12.1 Å². The molecule has 0 bridgehead atoms.